The van der Waals surface area contributed by atoms with Gasteiger partial charge in [-0.05, 0) is 43.0 Å². The lowest BCUT2D eigenvalue weighted by Crippen LogP contribution is -2.23. The first-order valence-corrected chi connectivity index (χ1v) is 7.54. The summed E-state index contributed by atoms with van der Waals surface area (Å²) in [6.45, 7) is 9.83. The molecular weight excluding hydrogens is 234 g/mol. The number of rotatable bonds is 8. The molecule has 2 nitrogen and oxygen atoms in total. The number of ether oxygens (including phenoxy) is 1. The van der Waals surface area contributed by atoms with Crippen LogP contribution in [0.3, 0.4) is 0 Å². The monoisotopic (exact) mass is 263 g/mol. The Morgan fingerprint density at radius 1 is 1.16 bits per heavy atom. The molecule has 108 valence electrons. The van der Waals surface area contributed by atoms with Gasteiger partial charge < -0.3 is 10.1 Å². The highest BCUT2D eigenvalue weighted by Gasteiger charge is 2.16. The molecule has 0 spiro atoms. The molecule has 0 heterocycles. The van der Waals surface area contributed by atoms with Crippen molar-refractivity contribution in [2.75, 3.05) is 13.7 Å². The third-order valence-electron chi connectivity index (χ3n) is 4.01. The molecular formula is C17H29NO. The van der Waals surface area contributed by atoms with Crippen molar-refractivity contribution < 1.29 is 4.74 Å². The SMILES string of the molecule is CCNC(CC(CC)CC)c1ccc(C)c(OC)c1. The lowest BCUT2D eigenvalue weighted by molar-refractivity contribution is 0.372. The van der Waals surface area contributed by atoms with E-state index in [-0.39, 0.29) is 0 Å². The second-order valence-electron chi connectivity index (χ2n) is 5.26. The zero-order valence-electron chi connectivity index (χ0n) is 13.1. The molecule has 1 rings (SSSR count). The fourth-order valence-electron chi connectivity index (χ4n) is 2.59. The van der Waals surface area contributed by atoms with E-state index in [1.54, 1.807) is 7.11 Å². The summed E-state index contributed by atoms with van der Waals surface area (Å²) in [4.78, 5) is 0. The van der Waals surface area contributed by atoms with Gasteiger partial charge in [0, 0.05) is 6.04 Å². The van der Waals surface area contributed by atoms with Crippen LogP contribution in [0.25, 0.3) is 0 Å². The minimum Gasteiger partial charge on any atom is -0.496 e. The summed E-state index contributed by atoms with van der Waals surface area (Å²) in [5.41, 5.74) is 2.54. The van der Waals surface area contributed by atoms with Crippen molar-refractivity contribution in [1.82, 2.24) is 5.32 Å². The highest BCUT2D eigenvalue weighted by molar-refractivity contribution is 5.37. The fourth-order valence-corrected chi connectivity index (χ4v) is 2.59. The van der Waals surface area contributed by atoms with E-state index in [1.165, 1.54) is 30.4 Å². The molecule has 0 saturated heterocycles. The van der Waals surface area contributed by atoms with Crippen LogP contribution in [-0.2, 0) is 0 Å². The second kappa shape index (κ2) is 8.21. The maximum atomic E-state index is 5.44. The largest absolute Gasteiger partial charge is 0.496 e. The van der Waals surface area contributed by atoms with E-state index < -0.39 is 0 Å². The Labute approximate surface area is 118 Å². The summed E-state index contributed by atoms with van der Waals surface area (Å²) in [5.74, 6) is 1.78. The number of methoxy groups -OCH3 is 1. The highest BCUT2D eigenvalue weighted by atomic mass is 16.5. The number of hydrogen-bond acceptors (Lipinski definition) is 2. The second-order valence-corrected chi connectivity index (χ2v) is 5.26. The molecule has 0 aliphatic heterocycles. The van der Waals surface area contributed by atoms with Gasteiger partial charge in [0.2, 0.25) is 0 Å². The topological polar surface area (TPSA) is 21.3 Å². The summed E-state index contributed by atoms with van der Waals surface area (Å²) in [6, 6.07) is 7.01. The average molecular weight is 263 g/mol. The van der Waals surface area contributed by atoms with E-state index in [0.29, 0.717) is 6.04 Å². The first kappa shape index (κ1) is 16.0. The van der Waals surface area contributed by atoms with Gasteiger partial charge in [-0.2, -0.15) is 0 Å². The van der Waals surface area contributed by atoms with Gasteiger partial charge in [-0.3, -0.25) is 0 Å². The van der Waals surface area contributed by atoms with Crippen LogP contribution in [-0.4, -0.2) is 13.7 Å². The van der Waals surface area contributed by atoms with Gasteiger partial charge >= 0.3 is 0 Å². The van der Waals surface area contributed by atoms with E-state index in [4.69, 9.17) is 4.74 Å². The smallest absolute Gasteiger partial charge is 0.122 e. The summed E-state index contributed by atoms with van der Waals surface area (Å²) in [7, 11) is 1.75. The lowest BCUT2D eigenvalue weighted by atomic mass is 9.90. The zero-order valence-corrected chi connectivity index (χ0v) is 13.1. The van der Waals surface area contributed by atoms with Gasteiger partial charge in [-0.1, -0.05) is 45.7 Å². The Morgan fingerprint density at radius 2 is 1.84 bits per heavy atom. The van der Waals surface area contributed by atoms with Crippen LogP contribution < -0.4 is 10.1 Å². The first-order valence-electron chi connectivity index (χ1n) is 7.54. The van der Waals surface area contributed by atoms with Crippen LogP contribution in [0.2, 0.25) is 0 Å². The molecule has 0 bridgehead atoms. The van der Waals surface area contributed by atoms with Crippen LogP contribution in [0.1, 0.15) is 57.2 Å². The Kier molecular flexibility index (Phi) is 6.93. The van der Waals surface area contributed by atoms with Gasteiger partial charge in [-0.25, -0.2) is 0 Å². The Bertz CT molecular complexity index is 372. The van der Waals surface area contributed by atoms with Gasteiger partial charge in [0.1, 0.15) is 5.75 Å². The summed E-state index contributed by atoms with van der Waals surface area (Å²) in [6.07, 6.45) is 3.70. The summed E-state index contributed by atoms with van der Waals surface area (Å²) in [5, 5.41) is 3.61. The van der Waals surface area contributed by atoms with Gasteiger partial charge in [-0.15, -0.1) is 0 Å². The molecule has 0 saturated carbocycles. The van der Waals surface area contributed by atoms with Crippen LogP contribution in [0.4, 0.5) is 0 Å². The molecule has 2 heteroatoms. The molecule has 1 N–H and O–H groups in total. The number of nitrogens with one attached hydrogen (secondary N) is 1. The molecule has 1 unspecified atom stereocenters. The molecule has 0 aliphatic carbocycles. The maximum Gasteiger partial charge on any atom is 0.122 e. The van der Waals surface area contributed by atoms with Crippen molar-refractivity contribution in [2.45, 2.75) is 53.0 Å². The minimum absolute atomic E-state index is 0.435. The molecule has 19 heavy (non-hydrogen) atoms. The third-order valence-corrected chi connectivity index (χ3v) is 4.01. The van der Waals surface area contributed by atoms with E-state index in [2.05, 4.69) is 51.2 Å². The van der Waals surface area contributed by atoms with Crippen molar-refractivity contribution in [3.8, 4) is 5.75 Å². The van der Waals surface area contributed by atoms with Crippen molar-refractivity contribution in [2.24, 2.45) is 5.92 Å². The molecule has 1 aromatic carbocycles. The van der Waals surface area contributed by atoms with Gasteiger partial charge in [0.15, 0.2) is 0 Å². The normalized spacial score (nSPS) is 12.7. The van der Waals surface area contributed by atoms with Crippen molar-refractivity contribution in [3.63, 3.8) is 0 Å². The van der Waals surface area contributed by atoms with Crippen LogP contribution in [0.5, 0.6) is 5.75 Å². The quantitative estimate of drug-likeness (QED) is 0.746. The van der Waals surface area contributed by atoms with Gasteiger partial charge in [0.25, 0.3) is 0 Å². The summed E-state index contributed by atoms with van der Waals surface area (Å²) < 4.78 is 5.44. The number of hydrogen-bond donors (Lipinski definition) is 1. The minimum atomic E-state index is 0.435. The third kappa shape index (κ3) is 4.54. The lowest BCUT2D eigenvalue weighted by Gasteiger charge is -2.24. The summed E-state index contributed by atoms with van der Waals surface area (Å²) >= 11 is 0. The molecule has 0 aromatic heterocycles. The number of benzene rings is 1. The van der Waals surface area contributed by atoms with Crippen LogP contribution in [0, 0.1) is 12.8 Å². The van der Waals surface area contributed by atoms with Crippen LogP contribution >= 0.6 is 0 Å². The first-order chi connectivity index (χ1) is 9.15. The molecule has 1 atom stereocenters. The Balaban J connectivity index is 2.91. The zero-order chi connectivity index (χ0) is 14.3. The predicted molar refractivity (Wildman–Crippen MR) is 82.8 cm³/mol. The maximum absolute atomic E-state index is 5.44. The fraction of sp³-hybridized carbons (Fsp3) is 0.647. The highest BCUT2D eigenvalue weighted by Crippen LogP contribution is 2.29. The molecule has 0 amide bonds. The van der Waals surface area contributed by atoms with Crippen LogP contribution in [0.15, 0.2) is 18.2 Å². The molecule has 0 aliphatic rings. The van der Waals surface area contributed by atoms with Crippen molar-refractivity contribution in [1.29, 1.82) is 0 Å². The number of aryl methyl sites for hydroxylation is 1. The van der Waals surface area contributed by atoms with E-state index >= 15 is 0 Å². The molecule has 0 radical (unpaired) electrons. The standard InChI is InChI=1S/C17H29NO/c1-6-14(7-2)11-16(18-8-3)15-10-9-13(4)17(12-15)19-5/h9-10,12,14,16,18H,6-8,11H2,1-5H3. The van der Waals surface area contributed by atoms with E-state index in [9.17, 15) is 0 Å². The average Bonchev–Trinajstić information content (AvgIpc) is 2.44. The van der Waals surface area contributed by atoms with E-state index in [1.807, 2.05) is 0 Å². The van der Waals surface area contributed by atoms with E-state index in [0.717, 1.165) is 18.2 Å². The predicted octanol–water partition coefficient (Wildman–Crippen LogP) is 4.48. The Hall–Kier alpha value is -1.02. The Morgan fingerprint density at radius 3 is 2.37 bits per heavy atom. The van der Waals surface area contributed by atoms with Crippen molar-refractivity contribution >= 4 is 0 Å². The van der Waals surface area contributed by atoms with Gasteiger partial charge in [0.05, 0.1) is 7.11 Å². The molecule has 0 fully saturated rings. The molecule has 1 aromatic rings. The van der Waals surface area contributed by atoms with Crippen molar-refractivity contribution in [3.05, 3.63) is 29.3 Å².